The molecule has 1 unspecified atom stereocenters. The highest BCUT2D eigenvalue weighted by Gasteiger charge is 2.26. The van der Waals surface area contributed by atoms with Crippen LogP contribution in [0.15, 0.2) is 24.3 Å². The summed E-state index contributed by atoms with van der Waals surface area (Å²) in [5.74, 6) is 1.30. The number of benzene rings is 1. The van der Waals surface area contributed by atoms with Crippen LogP contribution < -0.4 is 4.74 Å². The number of aromatic nitrogens is 2. The van der Waals surface area contributed by atoms with Gasteiger partial charge in [-0.05, 0) is 50.6 Å². The number of nitrogens with zero attached hydrogens (tertiary/aromatic N) is 3. The molecule has 1 fully saturated rings. The van der Waals surface area contributed by atoms with Crippen LogP contribution in [0.1, 0.15) is 35.1 Å². The van der Waals surface area contributed by atoms with Gasteiger partial charge >= 0.3 is 0 Å². The fraction of sp³-hybridized carbons (Fsp3) is 0.444. The Kier molecular flexibility index (Phi) is 4.57. The van der Waals surface area contributed by atoms with E-state index in [4.69, 9.17) is 4.74 Å². The molecule has 4 nitrogen and oxygen atoms in total. The first-order valence-corrected chi connectivity index (χ1v) is 7.92. The van der Waals surface area contributed by atoms with Crippen LogP contribution in [-0.2, 0) is 6.54 Å². The van der Waals surface area contributed by atoms with Crippen LogP contribution in [0.4, 0.5) is 4.39 Å². The fourth-order valence-electron chi connectivity index (χ4n) is 3.18. The summed E-state index contributed by atoms with van der Waals surface area (Å²) in [6, 6.07) is 7.06. The van der Waals surface area contributed by atoms with Gasteiger partial charge in [-0.1, -0.05) is 6.07 Å². The summed E-state index contributed by atoms with van der Waals surface area (Å²) in [4.78, 5) is 11.5. The molecule has 0 aliphatic carbocycles. The predicted molar refractivity (Wildman–Crippen MR) is 87.1 cm³/mol. The maximum absolute atomic E-state index is 13.5. The van der Waals surface area contributed by atoms with Crippen LogP contribution in [0.25, 0.3) is 0 Å². The smallest absolute Gasteiger partial charge is 0.165 e. The molecule has 1 aromatic heterocycles. The van der Waals surface area contributed by atoms with Gasteiger partial charge in [-0.2, -0.15) is 0 Å². The number of hydrogen-bond donors (Lipinski definition) is 0. The summed E-state index contributed by atoms with van der Waals surface area (Å²) in [6.07, 6.45) is 1.06. The van der Waals surface area contributed by atoms with E-state index in [1.807, 2.05) is 26.0 Å². The summed E-state index contributed by atoms with van der Waals surface area (Å²) >= 11 is 0. The molecule has 122 valence electrons. The Hall–Kier alpha value is -2.01. The lowest BCUT2D eigenvalue weighted by molar-refractivity contribution is 0.323. The normalized spacial score (nSPS) is 18.3. The molecule has 1 atom stereocenters. The Balaban J connectivity index is 1.68. The van der Waals surface area contributed by atoms with E-state index in [0.717, 1.165) is 48.8 Å². The van der Waals surface area contributed by atoms with Gasteiger partial charge in [-0.15, -0.1) is 0 Å². The lowest BCUT2D eigenvalue weighted by Crippen LogP contribution is -2.20. The Bertz CT molecular complexity index is 684. The summed E-state index contributed by atoms with van der Waals surface area (Å²) < 4.78 is 18.5. The largest absolute Gasteiger partial charge is 0.494 e. The fourth-order valence-corrected chi connectivity index (χ4v) is 3.18. The average Bonchev–Trinajstić information content (AvgIpc) is 2.97. The van der Waals surface area contributed by atoms with E-state index in [9.17, 15) is 4.39 Å². The van der Waals surface area contributed by atoms with E-state index in [1.165, 1.54) is 13.2 Å². The van der Waals surface area contributed by atoms with Gasteiger partial charge in [0.05, 0.1) is 7.11 Å². The van der Waals surface area contributed by atoms with E-state index in [0.29, 0.717) is 11.7 Å². The Morgan fingerprint density at radius 1 is 1.22 bits per heavy atom. The van der Waals surface area contributed by atoms with Crippen molar-refractivity contribution in [2.24, 2.45) is 0 Å². The SMILES string of the molecule is COc1cc(CN2CCC(c3nc(C)cc(C)n3)C2)ccc1F. The summed E-state index contributed by atoms with van der Waals surface area (Å²) in [5.41, 5.74) is 3.11. The van der Waals surface area contributed by atoms with Crippen LogP contribution in [0, 0.1) is 19.7 Å². The molecule has 23 heavy (non-hydrogen) atoms. The van der Waals surface area contributed by atoms with E-state index >= 15 is 0 Å². The molecule has 0 N–H and O–H groups in total. The van der Waals surface area contributed by atoms with Crippen molar-refractivity contribution in [2.45, 2.75) is 32.7 Å². The van der Waals surface area contributed by atoms with E-state index in [2.05, 4.69) is 14.9 Å². The van der Waals surface area contributed by atoms with Crippen LogP contribution in [0.5, 0.6) is 5.75 Å². The van der Waals surface area contributed by atoms with Gasteiger partial charge in [0, 0.05) is 30.4 Å². The second-order valence-corrected chi connectivity index (χ2v) is 6.20. The van der Waals surface area contributed by atoms with Crippen LogP contribution in [0.3, 0.4) is 0 Å². The molecule has 1 aromatic carbocycles. The molecule has 1 saturated heterocycles. The lowest BCUT2D eigenvalue weighted by Gasteiger charge is -2.16. The average molecular weight is 315 g/mol. The molecule has 0 spiro atoms. The maximum Gasteiger partial charge on any atom is 0.165 e. The summed E-state index contributed by atoms with van der Waals surface area (Å²) in [5, 5.41) is 0. The predicted octanol–water partition coefficient (Wildman–Crippen LogP) is 3.23. The molecule has 0 amide bonds. The first-order valence-electron chi connectivity index (χ1n) is 7.92. The van der Waals surface area contributed by atoms with E-state index < -0.39 is 0 Å². The molecule has 0 saturated carbocycles. The second-order valence-electron chi connectivity index (χ2n) is 6.20. The molecular formula is C18H22FN3O. The van der Waals surface area contributed by atoms with Gasteiger partial charge in [-0.25, -0.2) is 14.4 Å². The van der Waals surface area contributed by atoms with Crippen molar-refractivity contribution >= 4 is 0 Å². The van der Waals surface area contributed by atoms with Gasteiger partial charge in [0.25, 0.3) is 0 Å². The highest BCUT2D eigenvalue weighted by molar-refractivity contribution is 5.30. The zero-order valence-electron chi connectivity index (χ0n) is 13.8. The second kappa shape index (κ2) is 6.62. The Morgan fingerprint density at radius 3 is 2.65 bits per heavy atom. The van der Waals surface area contributed by atoms with Gasteiger partial charge in [0.15, 0.2) is 11.6 Å². The molecule has 5 heteroatoms. The number of methoxy groups -OCH3 is 1. The molecule has 0 bridgehead atoms. The minimum absolute atomic E-state index is 0.302. The third-order valence-corrected chi connectivity index (χ3v) is 4.26. The summed E-state index contributed by atoms with van der Waals surface area (Å²) in [7, 11) is 1.49. The minimum Gasteiger partial charge on any atom is -0.494 e. The maximum atomic E-state index is 13.5. The first kappa shape index (κ1) is 15.9. The van der Waals surface area contributed by atoms with Crippen molar-refractivity contribution in [3.8, 4) is 5.75 Å². The van der Waals surface area contributed by atoms with Crippen molar-refractivity contribution < 1.29 is 9.13 Å². The van der Waals surface area contributed by atoms with Gasteiger partial charge in [0.1, 0.15) is 5.82 Å². The number of likely N-dealkylation sites (tertiary alicyclic amines) is 1. The monoisotopic (exact) mass is 315 g/mol. The van der Waals surface area contributed by atoms with Gasteiger partial charge < -0.3 is 4.74 Å². The number of rotatable bonds is 4. The molecule has 1 aliphatic rings. The number of halogens is 1. The van der Waals surface area contributed by atoms with Crippen LogP contribution in [0.2, 0.25) is 0 Å². The number of aryl methyl sites for hydroxylation is 2. The van der Waals surface area contributed by atoms with Crippen molar-refractivity contribution in [1.82, 2.24) is 14.9 Å². The Labute approximate surface area is 136 Å². The third kappa shape index (κ3) is 3.67. The molecular weight excluding hydrogens is 293 g/mol. The lowest BCUT2D eigenvalue weighted by atomic mass is 10.1. The molecule has 0 radical (unpaired) electrons. The minimum atomic E-state index is -0.320. The molecule has 2 heterocycles. The van der Waals surface area contributed by atoms with Crippen molar-refractivity contribution in [3.63, 3.8) is 0 Å². The van der Waals surface area contributed by atoms with Crippen molar-refractivity contribution in [1.29, 1.82) is 0 Å². The summed E-state index contributed by atoms with van der Waals surface area (Å²) in [6.45, 7) is 6.74. The quantitative estimate of drug-likeness (QED) is 0.868. The van der Waals surface area contributed by atoms with Crippen molar-refractivity contribution in [2.75, 3.05) is 20.2 Å². The zero-order chi connectivity index (χ0) is 16.4. The standard InChI is InChI=1S/C18H22FN3O/c1-12-8-13(2)21-18(20-12)15-6-7-22(11-15)10-14-4-5-16(19)17(9-14)23-3/h4-5,8-9,15H,6-7,10-11H2,1-3H3. The first-order chi connectivity index (χ1) is 11.0. The van der Waals surface area contributed by atoms with Crippen LogP contribution >= 0.6 is 0 Å². The van der Waals surface area contributed by atoms with Crippen LogP contribution in [-0.4, -0.2) is 35.1 Å². The van der Waals surface area contributed by atoms with E-state index in [1.54, 1.807) is 6.07 Å². The zero-order valence-corrected chi connectivity index (χ0v) is 13.8. The highest BCUT2D eigenvalue weighted by atomic mass is 19.1. The third-order valence-electron chi connectivity index (χ3n) is 4.26. The highest BCUT2D eigenvalue weighted by Crippen LogP contribution is 2.27. The number of hydrogen-bond acceptors (Lipinski definition) is 4. The van der Waals surface area contributed by atoms with Gasteiger partial charge in [-0.3, -0.25) is 4.90 Å². The van der Waals surface area contributed by atoms with Gasteiger partial charge in [0.2, 0.25) is 0 Å². The molecule has 2 aromatic rings. The molecule has 3 rings (SSSR count). The topological polar surface area (TPSA) is 38.2 Å². The molecule has 1 aliphatic heterocycles. The Morgan fingerprint density at radius 2 is 1.96 bits per heavy atom. The van der Waals surface area contributed by atoms with E-state index in [-0.39, 0.29) is 5.82 Å². The van der Waals surface area contributed by atoms with Crippen molar-refractivity contribution in [3.05, 3.63) is 52.9 Å². The number of ether oxygens (including phenoxy) is 1.